The minimum absolute atomic E-state index is 0.0742. The molecule has 0 spiro atoms. The number of hydrogen-bond acceptors (Lipinski definition) is 4. The van der Waals surface area contributed by atoms with Gasteiger partial charge in [-0.1, -0.05) is 0 Å². The lowest BCUT2D eigenvalue weighted by Crippen LogP contribution is -2.46. The first-order valence-electron chi connectivity index (χ1n) is 9.71. The number of nitrogens with one attached hydrogen (secondary N) is 1. The lowest BCUT2D eigenvalue weighted by molar-refractivity contribution is 0.157. The monoisotopic (exact) mass is 347 g/mol. The summed E-state index contributed by atoms with van der Waals surface area (Å²) in [6.45, 7) is 5.21. The number of ether oxygens (including phenoxy) is 1. The van der Waals surface area contributed by atoms with Crippen LogP contribution in [0.4, 0.5) is 4.79 Å². The van der Waals surface area contributed by atoms with Crippen molar-refractivity contribution in [2.24, 2.45) is 5.92 Å². The number of likely N-dealkylation sites (tertiary alicyclic amines) is 1. The van der Waals surface area contributed by atoms with Crippen LogP contribution >= 0.6 is 0 Å². The summed E-state index contributed by atoms with van der Waals surface area (Å²) in [5, 5.41) is 3.19. The molecule has 1 aromatic rings. The Labute approximate surface area is 149 Å². The van der Waals surface area contributed by atoms with E-state index in [9.17, 15) is 4.79 Å². The second-order valence-corrected chi connectivity index (χ2v) is 7.57. The fraction of sp³-hybridized carbons (Fsp3) is 0.737. The van der Waals surface area contributed by atoms with Gasteiger partial charge in [-0.25, -0.2) is 4.79 Å². The molecule has 138 valence electrons. The Kier molecular flexibility index (Phi) is 5.27. The molecule has 1 N–H and O–H groups in total. The summed E-state index contributed by atoms with van der Waals surface area (Å²) in [7, 11) is 0. The largest absolute Gasteiger partial charge is 0.468 e. The van der Waals surface area contributed by atoms with Gasteiger partial charge < -0.3 is 19.4 Å². The molecule has 1 saturated carbocycles. The highest BCUT2D eigenvalue weighted by molar-refractivity contribution is 5.75. The van der Waals surface area contributed by atoms with E-state index in [-0.39, 0.29) is 12.1 Å². The van der Waals surface area contributed by atoms with Crippen molar-refractivity contribution in [3.63, 3.8) is 0 Å². The van der Waals surface area contributed by atoms with Crippen LogP contribution in [-0.4, -0.2) is 61.3 Å². The van der Waals surface area contributed by atoms with E-state index in [0.29, 0.717) is 18.5 Å². The van der Waals surface area contributed by atoms with Crippen LogP contribution in [0.1, 0.15) is 43.9 Å². The molecule has 4 rings (SSSR count). The van der Waals surface area contributed by atoms with Gasteiger partial charge in [-0.3, -0.25) is 4.90 Å². The molecule has 0 radical (unpaired) electrons. The summed E-state index contributed by atoms with van der Waals surface area (Å²) in [5.41, 5.74) is 0. The average Bonchev–Trinajstić information content (AvgIpc) is 3.11. The third kappa shape index (κ3) is 4.18. The Hall–Kier alpha value is -1.53. The summed E-state index contributed by atoms with van der Waals surface area (Å²) in [6, 6.07) is 4.58. The van der Waals surface area contributed by atoms with Gasteiger partial charge in [0.1, 0.15) is 5.76 Å². The Morgan fingerprint density at radius 1 is 1.32 bits per heavy atom. The first-order valence-corrected chi connectivity index (χ1v) is 9.71. The van der Waals surface area contributed by atoms with E-state index in [1.165, 1.54) is 12.8 Å². The van der Waals surface area contributed by atoms with Crippen molar-refractivity contribution < 1.29 is 13.9 Å². The third-order valence-electron chi connectivity index (χ3n) is 5.63. The van der Waals surface area contributed by atoms with E-state index in [4.69, 9.17) is 9.15 Å². The highest BCUT2D eigenvalue weighted by Crippen LogP contribution is 2.29. The van der Waals surface area contributed by atoms with Crippen LogP contribution in [0.3, 0.4) is 0 Å². The van der Waals surface area contributed by atoms with Gasteiger partial charge in [0.25, 0.3) is 0 Å². The molecule has 3 fully saturated rings. The highest BCUT2D eigenvalue weighted by atomic mass is 16.5. The Morgan fingerprint density at radius 2 is 2.16 bits per heavy atom. The molecule has 0 aromatic carbocycles. The molecule has 2 amide bonds. The number of urea groups is 1. The molecule has 2 atom stereocenters. The van der Waals surface area contributed by atoms with Crippen LogP contribution in [-0.2, 0) is 4.74 Å². The Morgan fingerprint density at radius 3 is 2.80 bits per heavy atom. The summed E-state index contributed by atoms with van der Waals surface area (Å²) in [5.74, 6) is 1.44. The van der Waals surface area contributed by atoms with Crippen molar-refractivity contribution in [2.45, 2.75) is 44.2 Å². The molecule has 1 aliphatic carbocycles. The average molecular weight is 347 g/mol. The third-order valence-corrected chi connectivity index (χ3v) is 5.63. The van der Waals surface area contributed by atoms with Crippen LogP contribution < -0.4 is 5.32 Å². The van der Waals surface area contributed by atoms with Crippen molar-refractivity contribution >= 4 is 6.03 Å². The molecule has 3 heterocycles. The molecule has 6 heteroatoms. The van der Waals surface area contributed by atoms with Gasteiger partial charge in [-0.05, 0) is 57.3 Å². The summed E-state index contributed by atoms with van der Waals surface area (Å²) >= 11 is 0. The smallest absolute Gasteiger partial charge is 0.317 e. The number of amides is 2. The first-order chi connectivity index (χ1) is 12.3. The van der Waals surface area contributed by atoms with E-state index < -0.39 is 0 Å². The van der Waals surface area contributed by atoms with Crippen molar-refractivity contribution in [2.75, 3.05) is 39.4 Å². The van der Waals surface area contributed by atoms with Crippen LogP contribution in [0.2, 0.25) is 0 Å². The van der Waals surface area contributed by atoms with Crippen molar-refractivity contribution in [1.82, 2.24) is 15.1 Å². The number of carbonyl (C=O) groups excluding carboxylic acids is 1. The number of hydrogen-bond donors (Lipinski definition) is 1. The normalized spacial score (nSPS) is 25.2. The maximum absolute atomic E-state index is 12.8. The number of rotatable bonds is 7. The van der Waals surface area contributed by atoms with Gasteiger partial charge in [0, 0.05) is 31.7 Å². The zero-order chi connectivity index (χ0) is 17.1. The van der Waals surface area contributed by atoms with Gasteiger partial charge in [0.05, 0.1) is 18.9 Å². The quantitative estimate of drug-likeness (QED) is 0.824. The fourth-order valence-corrected chi connectivity index (χ4v) is 4.02. The second-order valence-electron chi connectivity index (χ2n) is 7.57. The number of carbonyl (C=O) groups is 1. The maximum atomic E-state index is 12.8. The summed E-state index contributed by atoms with van der Waals surface area (Å²) in [4.78, 5) is 17.3. The van der Waals surface area contributed by atoms with Crippen LogP contribution in [0, 0.1) is 5.92 Å². The Balaban J connectivity index is 1.36. The molecule has 3 aliphatic rings. The van der Waals surface area contributed by atoms with E-state index in [1.807, 2.05) is 17.0 Å². The molecule has 0 unspecified atom stereocenters. The fourth-order valence-electron chi connectivity index (χ4n) is 4.02. The number of furan rings is 1. The van der Waals surface area contributed by atoms with Crippen LogP contribution in [0.15, 0.2) is 22.8 Å². The van der Waals surface area contributed by atoms with Gasteiger partial charge in [-0.15, -0.1) is 0 Å². The minimum atomic E-state index is 0.0742. The first kappa shape index (κ1) is 16.9. The van der Waals surface area contributed by atoms with Gasteiger partial charge in [0.15, 0.2) is 0 Å². The zero-order valence-electron chi connectivity index (χ0n) is 14.9. The standard InChI is InChI=1S/C19H29N3O3/c23-19(22(16-5-6-16)13-15-7-11-24-14-15)20-12-17(18-4-3-10-25-18)21-8-1-2-9-21/h3-4,10,15-17H,1-2,5-9,11-14H2,(H,20,23)/t15-,17-/m1/s1. The predicted octanol–water partition coefficient (Wildman–Crippen LogP) is 2.63. The molecule has 25 heavy (non-hydrogen) atoms. The summed E-state index contributed by atoms with van der Waals surface area (Å²) < 4.78 is 11.1. The van der Waals surface area contributed by atoms with E-state index in [2.05, 4.69) is 10.2 Å². The van der Waals surface area contributed by atoms with Crippen molar-refractivity contribution in [3.05, 3.63) is 24.2 Å². The number of nitrogens with zero attached hydrogens (tertiary/aromatic N) is 2. The van der Waals surface area contributed by atoms with E-state index >= 15 is 0 Å². The molecular weight excluding hydrogens is 318 g/mol. The molecule has 6 nitrogen and oxygen atoms in total. The van der Waals surface area contributed by atoms with Gasteiger partial charge >= 0.3 is 6.03 Å². The molecule has 0 bridgehead atoms. The Bertz CT molecular complexity index is 546. The van der Waals surface area contributed by atoms with Crippen molar-refractivity contribution in [1.29, 1.82) is 0 Å². The zero-order valence-corrected chi connectivity index (χ0v) is 14.9. The predicted molar refractivity (Wildman–Crippen MR) is 94.3 cm³/mol. The molecule has 2 aliphatic heterocycles. The maximum Gasteiger partial charge on any atom is 0.317 e. The van der Waals surface area contributed by atoms with Crippen molar-refractivity contribution in [3.8, 4) is 0 Å². The van der Waals surface area contributed by atoms with Crippen LogP contribution in [0.5, 0.6) is 0 Å². The SMILES string of the molecule is O=C(NC[C@H](c1ccco1)N1CCCC1)N(C[C@H]1CCOC1)C1CC1. The molecular formula is C19H29N3O3. The topological polar surface area (TPSA) is 58.0 Å². The minimum Gasteiger partial charge on any atom is -0.468 e. The van der Waals surface area contributed by atoms with Gasteiger partial charge in [-0.2, -0.15) is 0 Å². The lowest BCUT2D eigenvalue weighted by Gasteiger charge is -2.29. The van der Waals surface area contributed by atoms with E-state index in [1.54, 1.807) is 6.26 Å². The second kappa shape index (κ2) is 7.79. The molecule has 1 aromatic heterocycles. The van der Waals surface area contributed by atoms with Gasteiger partial charge in [0.2, 0.25) is 0 Å². The lowest BCUT2D eigenvalue weighted by atomic mass is 10.1. The molecule has 2 saturated heterocycles. The van der Waals surface area contributed by atoms with E-state index in [0.717, 1.165) is 57.9 Å². The summed E-state index contributed by atoms with van der Waals surface area (Å²) in [6.07, 6.45) is 7.50. The van der Waals surface area contributed by atoms with Crippen LogP contribution in [0.25, 0.3) is 0 Å². The highest BCUT2D eigenvalue weighted by Gasteiger charge is 2.35.